The molecule has 0 saturated carbocycles. The third-order valence-electron chi connectivity index (χ3n) is 6.31. The molecule has 2 atom stereocenters. The lowest BCUT2D eigenvalue weighted by Crippen LogP contribution is -2.47. The largest absolute Gasteiger partial charge is 0.479 e. The Kier molecular flexibility index (Phi) is 10.4. The Hall–Kier alpha value is -4.28. The van der Waals surface area contributed by atoms with Crippen LogP contribution in [0.15, 0.2) is 48.5 Å². The molecule has 1 unspecified atom stereocenters. The van der Waals surface area contributed by atoms with Crippen LogP contribution in [0.5, 0.6) is 5.75 Å². The summed E-state index contributed by atoms with van der Waals surface area (Å²) in [7, 11) is 0. The minimum absolute atomic E-state index is 0.0185. The molecule has 42 heavy (non-hydrogen) atoms. The topological polar surface area (TPSA) is 98.8 Å². The summed E-state index contributed by atoms with van der Waals surface area (Å²) in [6, 6.07) is 10.9. The Bertz CT molecular complexity index is 1470. The first kappa shape index (κ1) is 32.2. The highest BCUT2D eigenvalue weighted by Crippen LogP contribution is 2.27. The molecule has 0 aliphatic heterocycles. The molecule has 0 aliphatic carbocycles. The van der Waals surface area contributed by atoms with E-state index < -0.39 is 77.3 Å². The SMILES string of the molecule is CCC(CC(=O)c1cccc2ccccc12)C(=O)N[C@@H](CC(=O)OC(C)(C)C)C(=O)COc1c(F)c(F)cc(F)c1F. The van der Waals surface area contributed by atoms with Crippen LogP contribution in [0, 0.1) is 29.2 Å². The Labute approximate surface area is 240 Å². The van der Waals surface area contributed by atoms with Gasteiger partial charge in [-0.1, -0.05) is 49.4 Å². The van der Waals surface area contributed by atoms with E-state index in [0.717, 1.165) is 5.39 Å². The van der Waals surface area contributed by atoms with Crippen molar-refractivity contribution in [3.05, 3.63) is 77.4 Å². The van der Waals surface area contributed by atoms with Gasteiger partial charge in [0.15, 0.2) is 29.0 Å². The summed E-state index contributed by atoms with van der Waals surface area (Å²) >= 11 is 0. The first-order chi connectivity index (χ1) is 19.7. The number of ketones is 2. The second-order valence-corrected chi connectivity index (χ2v) is 10.7. The van der Waals surface area contributed by atoms with E-state index in [1.54, 1.807) is 52.0 Å². The number of fused-ring (bicyclic) bond motifs is 1. The normalized spacial score (nSPS) is 12.9. The van der Waals surface area contributed by atoms with Crippen LogP contribution in [0.25, 0.3) is 10.8 Å². The number of ether oxygens (including phenoxy) is 2. The van der Waals surface area contributed by atoms with Gasteiger partial charge in [-0.15, -0.1) is 0 Å². The van der Waals surface area contributed by atoms with Crippen molar-refractivity contribution in [2.75, 3.05) is 6.61 Å². The molecule has 11 heteroatoms. The number of halogens is 4. The predicted octanol–water partition coefficient (Wildman–Crippen LogP) is 5.86. The van der Waals surface area contributed by atoms with Crippen LogP contribution in [-0.2, 0) is 19.1 Å². The Morgan fingerprint density at radius 3 is 2.12 bits per heavy atom. The Morgan fingerprint density at radius 1 is 0.881 bits per heavy atom. The van der Waals surface area contributed by atoms with Gasteiger partial charge in [-0.05, 0) is 38.0 Å². The second kappa shape index (κ2) is 13.6. The van der Waals surface area contributed by atoms with Crippen LogP contribution in [0.3, 0.4) is 0 Å². The van der Waals surface area contributed by atoms with E-state index in [0.29, 0.717) is 10.9 Å². The number of nitrogens with one attached hydrogen (secondary N) is 1. The highest BCUT2D eigenvalue weighted by atomic mass is 19.2. The molecule has 3 aromatic rings. The molecule has 0 fully saturated rings. The van der Waals surface area contributed by atoms with Crippen molar-refractivity contribution in [2.24, 2.45) is 5.92 Å². The number of hydrogen-bond donors (Lipinski definition) is 1. The van der Waals surface area contributed by atoms with Gasteiger partial charge in [0.1, 0.15) is 18.2 Å². The zero-order chi connectivity index (χ0) is 31.2. The summed E-state index contributed by atoms with van der Waals surface area (Å²) in [4.78, 5) is 51.9. The lowest BCUT2D eigenvalue weighted by molar-refractivity contribution is -0.156. The Balaban J connectivity index is 1.79. The number of hydrogen-bond acceptors (Lipinski definition) is 6. The number of rotatable bonds is 12. The van der Waals surface area contributed by atoms with Gasteiger partial charge in [-0.25, -0.2) is 8.78 Å². The maximum absolute atomic E-state index is 14.0. The molecular formula is C31H31F4NO6. The molecule has 0 aliphatic rings. The summed E-state index contributed by atoms with van der Waals surface area (Å²) < 4.78 is 65.1. The monoisotopic (exact) mass is 589 g/mol. The summed E-state index contributed by atoms with van der Waals surface area (Å²) in [5.41, 5.74) is -0.520. The maximum atomic E-state index is 14.0. The van der Waals surface area contributed by atoms with Crippen molar-refractivity contribution in [2.45, 2.75) is 58.6 Å². The van der Waals surface area contributed by atoms with Crippen LogP contribution in [-0.4, -0.2) is 41.7 Å². The number of amides is 1. The number of carbonyl (C=O) groups is 4. The van der Waals surface area contributed by atoms with E-state index in [2.05, 4.69) is 5.32 Å². The molecule has 3 rings (SSSR count). The van der Waals surface area contributed by atoms with E-state index in [4.69, 9.17) is 9.47 Å². The van der Waals surface area contributed by atoms with Gasteiger partial charge in [0, 0.05) is 24.0 Å². The lowest BCUT2D eigenvalue weighted by Gasteiger charge is -2.24. The molecule has 0 heterocycles. The molecule has 0 saturated heterocycles. The number of Topliss-reactive ketones (excluding diaryl/α,β-unsaturated/α-hetero) is 2. The fraction of sp³-hybridized carbons (Fsp3) is 0.355. The first-order valence-corrected chi connectivity index (χ1v) is 13.2. The van der Waals surface area contributed by atoms with E-state index in [1.807, 2.05) is 18.2 Å². The van der Waals surface area contributed by atoms with Crippen LogP contribution in [0.4, 0.5) is 17.6 Å². The summed E-state index contributed by atoms with van der Waals surface area (Å²) in [5, 5.41) is 3.96. The van der Waals surface area contributed by atoms with Crippen LogP contribution >= 0.6 is 0 Å². The number of carbonyl (C=O) groups excluding carboxylic acids is 4. The fourth-order valence-corrected chi connectivity index (χ4v) is 4.23. The van der Waals surface area contributed by atoms with Crippen molar-refractivity contribution in [1.82, 2.24) is 5.32 Å². The summed E-state index contributed by atoms with van der Waals surface area (Å²) in [5.74, 6) is -12.5. The van der Waals surface area contributed by atoms with Crippen molar-refractivity contribution in [3.8, 4) is 5.75 Å². The van der Waals surface area contributed by atoms with E-state index >= 15 is 0 Å². The zero-order valence-electron chi connectivity index (χ0n) is 23.6. The highest BCUT2D eigenvalue weighted by molar-refractivity contribution is 6.09. The summed E-state index contributed by atoms with van der Waals surface area (Å²) in [6.07, 6.45) is -0.689. The number of esters is 1. The van der Waals surface area contributed by atoms with Gasteiger partial charge >= 0.3 is 5.97 Å². The van der Waals surface area contributed by atoms with Crippen molar-refractivity contribution in [3.63, 3.8) is 0 Å². The molecular weight excluding hydrogens is 558 g/mol. The average molecular weight is 590 g/mol. The molecule has 1 N–H and O–H groups in total. The van der Waals surface area contributed by atoms with Crippen molar-refractivity contribution >= 4 is 34.2 Å². The Morgan fingerprint density at radius 2 is 1.50 bits per heavy atom. The van der Waals surface area contributed by atoms with Gasteiger partial charge in [0.2, 0.25) is 17.5 Å². The highest BCUT2D eigenvalue weighted by Gasteiger charge is 2.31. The number of benzene rings is 3. The van der Waals surface area contributed by atoms with Gasteiger partial charge < -0.3 is 14.8 Å². The van der Waals surface area contributed by atoms with Crippen molar-refractivity contribution in [1.29, 1.82) is 0 Å². The van der Waals surface area contributed by atoms with Gasteiger partial charge in [-0.2, -0.15) is 8.78 Å². The van der Waals surface area contributed by atoms with Crippen LogP contribution in [0.1, 0.15) is 57.3 Å². The zero-order valence-corrected chi connectivity index (χ0v) is 23.6. The molecule has 224 valence electrons. The van der Waals surface area contributed by atoms with Gasteiger partial charge in [0.25, 0.3) is 0 Å². The van der Waals surface area contributed by atoms with Crippen molar-refractivity contribution < 1.29 is 46.2 Å². The second-order valence-electron chi connectivity index (χ2n) is 10.7. The quantitative estimate of drug-likeness (QED) is 0.123. The third-order valence-corrected chi connectivity index (χ3v) is 6.31. The molecule has 0 radical (unpaired) electrons. The lowest BCUT2D eigenvalue weighted by atomic mass is 9.92. The van der Waals surface area contributed by atoms with Crippen LogP contribution in [0.2, 0.25) is 0 Å². The molecule has 7 nitrogen and oxygen atoms in total. The molecule has 3 aromatic carbocycles. The van der Waals surface area contributed by atoms with E-state index in [9.17, 15) is 36.7 Å². The first-order valence-electron chi connectivity index (χ1n) is 13.2. The van der Waals surface area contributed by atoms with Gasteiger partial charge in [-0.3, -0.25) is 19.2 Å². The minimum Gasteiger partial charge on any atom is -0.479 e. The van der Waals surface area contributed by atoms with E-state index in [-0.39, 0.29) is 24.7 Å². The third kappa shape index (κ3) is 8.14. The standard InChI is InChI=1S/C31H31F4NO6/c1-5-17(13-24(37)20-12-8-10-18-9-6-7-11-19(18)20)30(40)36-23(15-26(39)42-31(2,3)4)25(38)16-41-29-27(34)21(32)14-22(33)28(29)35/h6-12,14,17,23H,5,13,15-16H2,1-4H3,(H,36,40)/t17?,23-/m0/s1. The average Bonchev–Trinajstić information content (AvgIpc) is 2.92. The molecule has 0 bridgehead atoms. The smallest absolute Gasteiger partial charge is 0.308 e. The minimum atomic E-state index is -1.85. The molecule has 0 aromatic heterocycles. The molecule has 0 spiro atoms. The predicted molar refractivity (Wildman–Crippen MR) is 146 cm³/mol. The molecule has 1 amide bonds. The van der Waals surface area contributed by atoms with Crippen LogP contribution < -0.4 is 10.1 Å². The van der Waals surface area contributed by atoms with E-state index in [1.165, 1.54) is 0 Å². The van der Waals surface area contributed by atoms with Gasteiger partial charge in [0.05, 0.1) is 6.42 Å². The maximum Gasteiger partial charge on any atom is 0.308 e. The summed E-state index contributed by atoms with van der Waals surface area (Å²) in [6.45, 7) is 5.27. The fourth-order valence-electron chi connectivity index (χ4n) is 4.23.